The largest absolute Gasteiger partial charge is 0.481 e. The van der Waals surface area contributed by atoms with E-state index >= 15 is 0 Å². The standard InChI is InChI=1S/C12H11N5O3/c18-10-5-8(12(19)20)6-17(10)9-3-1-2-7(4-9)11-13-15-16-14-11/h1-4,8H,5-6H2,(H,19,20)(H,13,14,15,16). The van der Waals surface area contributed by atoms with Crippen LogP contribution < -0.4 is 4.90 Å². The average molecular weight is 273 g/mol. The number of carbonyl (C=O) groups excluding carboxylic acids is 1. The molecule has 1 saturated heterocycles. The summed E-state index contributed by atoms with van der Waals surface area (Å²) in [6.07, 6.45) is 0.0295. The summed E-state index contributed by atoms with van der Waals surface area (Å²) < 4.78 is 0. The third-order valence-electron chi connectivity index (χ3n) is 3.24. The predicted octanol–water partition coefficient (Wildman–Crippen LogP) is 0.304. The molecular weight excluding hydrogens is 262 g/mol. The lowest BCUT2D eigenvalue weighted by Gasteiger charge is -2.16. The summed E-state index contributed by atoms with van der Waals surface area (Å²) in [5.74, 6) is -1.37. The fourth-order valence-electron chi connectivity index (χ4n) is 2.22. The molecule has 2 N–H and O–H groups in total. The number of carboxylic acids is 1. The first-order valence-electron chi connectivity index (χ1n) is 6.02. The molecule has 1 aliphatic heterocycles. The van der Waals surface area contributed by atoms with Crippen LogP contribution in [0.1, 0.15) is 6.42 Å². The van der Waals surface area contributed by atoms with Crippen molar-refractivity contribution in [2.75, 3.05) is 11.4 Å². The Kier molecular flexibility index (Phi) is 2.90. The maximum Gasteiger partial charge on any atom is 0.308 e. The van der Waals surface area contributed by atoms with Gasteiger partial charge in [0.25, 0.3) is 0 Å². The Morgan fingerprint density at radius 1 is 1.45 bits per heavy atom. The second-order valence-corrected chi connectivity index (χ2v) is 4.53. The molecule has 1 unspecified atom stereocenters. The van der Waals surface area contributed by atoms with Crippen LogP contribution in [0.3, 0.4) is 0 Å². The topological polar surface area (TPSA) is 112 Å². The monoisotopic (exact) mass is 273 g/mol. The van der Waals surface area contributed by atoms with Crippen molar-refractivity contribution in [3.05, 3.63) is 24.3 Å². The normalized spacial score (nSPS) is 18.5. The highest BCUT2D eigenvalue weighted by atomic mass is 16.4. The smallest absolute Gasteiger partial charge is 0.308 e. The van der Waals surface area contributed by atoms with Gasteiger partial charge in [0.05, 0.1) is 5.92 Å². The van der Waals surface area contributed by atoms with Crippen molar-refractivity contribution in [3.63, 3.8) is 0 Å². The Bertz CT molecular complexity index is 655. The van der Waals surface area contributed by atoms with Crippen molar-refractivity contribution in [2.45, 2.75) is 6.42 Å². The molecule has 8 heteroatoms. The van der Waals surface area contributed by atoms with Crippen LogP contribution in [-0.4, -0.2) is 44.2 Å². The number of hydrogen-bond acceptors (Lipinski definition) is 5. The predicted molar refractivity (Wildman–Crippen MR) is 67.7 cm³/mol. The van der Waals surface area contributed by atoms with Crippen LogP contribution in [0.5, 0.6) is 0 Å². The molecule has 8 nitrogen and oxygen atoms in total. The van der Waals surface area contributed by atoms with Gasteiger partial charge in [-0.25, -0.2) is 0 Å². The molecule has 0 radical (unpaired) electrons. The van der Waals surface area contributed by atoms with E-state index in [-0.39, 0.29) is 18.9 Å². The molecule has 0 spiro atoms. The summed E-state index contributed by atoms with van der Waals surface area (Å²) in [5, 5.41) is 22.6. The molecule has 0 saturated carbocycles. The number of anilines is 1. The molecule has 1 atom stereocenters. The number of amides is 1. The van der Waals surface area contributed by atoms with Gasteiger partial charge in [-0.1, -0.05) is 12.1 Å². The lowest BCUT2D eigenvalue weighted by atomic mass is 10.1. The zero-order valence-electron chi connectivity index (χ0n) is 10.4. The van der Waals surface area contributed by atoms with E-state index in [1.165, 1.54) is 4.90 Å². The van der Waals surface area contributed by atoms with Crippen molar-refractivity contribution in [1.29, 1.82) is 0 Å². The fourth-order valence-corrected chi connectivity index (χ4v) is 2.22. The Morgan fingerprint density at radius 2 is 2.30 bits per heavy atom. The van der Waals surface area contributed by atoms with Gasteiger partial charge < -0.3 is 10.0 Å². The van der Waals surface area contributed by atoms with Crippen LogP contribution in [0.4, 0.5) is 5.69 Å². The minimum Gasteiger partial charge on any atom is -0.481 e. The highest BCUT2D eigenvalue weighted by Crippen LogP contribution is 2.27. The van der Waals surface area contributed by atoms with Crippen molar-refractivity contribution in [2.24, 2.45) is 5.92 Å². The molecule has 1 aromatic heterocycles. The van der Waals surface area contributed by atoms with E-state index in [2.05, 4.69) is 20.6 Å². The van der Waals surface area contributed by atoms with Gasteiger partial charge in [-0.2, -0.15) is 5.21 Å². The maximum absolute atomic E-state index is 11.9. The lowest BCUT2D eigenvalue weighted by Crippen LogP contribution is -2.25. The summed E-state index contributed by atoms with van der Waals surface area (Å²) >= 11 is 0. The van der Waals surface area contributed by atoms with Crippen LogP contribution in [0.15, 0.2) is 24.3 Å². The van der Waals surface area contributed by atoms with Gasteiger partial charge in [0.1, 0.15) is 0 Å². The van der Waals surface area contributed by atoms with Crippen molar-refractivity contribution in [3.8, 4) is 11.4 Å². The summed E-state index contributed by atoms with van der Waals surface area (Å²) in [7, 11) is 0. The number of benzene rings is 1. The summed E-state index contributed by atoms with van der Waals surface area (Å²) in [5.41, 5.74) is 1.35. The number of aromatic amines is 1. The molecule has 2 aromatic rings. The van der Waals surface area contributed by atoms with Gasteiger partial charge in [-0.15, -0.1) is 10.2 Å². The number of aromatic nitrogens is 4. The van der Waals surface area contributed by atoms with Crippen molar-refractivity contribution >= 4 is 17.6 Å². The van der Waals surface area contributed by atoms with Crippen LogP contribution in [0.25, 0.3) is 11.4 Å². The molecule has 1 fully saturated rings. The van der Waals surface area contributed by atoms with Gasteiger partial charge in [0.2, 0.25) is 11.7 Å². The second-order valence-electron chi connectivity index (χ2n) is 4.53. The van der Waals surface area contributed by atoms with Gasteiger partial charge in [0, 0.05) is 24.2 Å². The van der Waals surface area contributed by atoms with E-state index in [9.17, 15) is 9.59 Å². The highest BCUT2D eigenvalue weighted by molar-refractivity contribution is 5.99. The van der Waals surface area contributed by atoms with Crippen LogP contribution in [0, 0.1) is 5.92 Å². The third kappa shape index (κ3) is 2.11. The molecule has 1 amide bonds. The van der Waals surface area contributed by atoms with Crippen LogP contribution in [0.2, 0.25) is 0 Å². The number of nitrogens with one attached hydrogen (secondary N) is 1. The quantitative estimate of drug-likeness (QED) is 0.832. The van der Waals surface area contributed by atoms with E-state index in [1.807, 2.05) is 0 Å². The fraction of sp³-hybridized carbons (Fsp3) is 0.250. The maximum atomic E-state index is 11.9. The minimum absolute atomic E-state index is 0.0295. The number of tetrazole rings is 1. The van der Waals surface area contributed by atoms with Crippen LogP contribution in [-0.2, 0) is 9.59 Å². The number of H-pyrrole nitrogens is 1. The highest BCUT2D eigenvalue weighted by Gasteiger charge is 2.35. The SMILES string of the molecule is O=C(O)C1CC(=O)N(c2cccc(-c3nn[nH]n3)c2)C1. The van der Waals surface area contributed by atoms with E-state index in [0.29, 0.717) is 17.1 Å². The Labute approximate surface area is 113 Å². The van der Waals surface area contributed by atoms with Crippen molar-refractivity contribution < 1.29 is 14.7 Å². The first-order valence-corrected chi connectivity index (χ1v) is 6.02. The molecular formula is C12H11N5O3. The first kappa shape index (κ1) is 12.3. The van der Waals surface area contributed by atoms with Gasteiger partial charge >= 0.3 is 5.97 Å². The molecule has 0 aliphatic carbocycles. The van der Waals surface area contributed by atoms with Crippen molar-refractivity contribution in [1.82, 2.24) is 20.6 Å². The number of rotatable bonds is 3. The average Bonchev–Trinajstić information content (AvgIpc) is 3.08. The van der Waals surface area contributed by atoms with Gasteiger partial charge in [-0.05, 0) is 17.3 Å². The number of hydrogen-bond donors (Lipinski definition) is 2. The third-order valence-corrected chi connectivity index (χ3v) is 3.24. The zero-order valence-corrected chi connectivity index (χ0v) is 10.4. The summed E-state index contributed by atoms with van der Waals surface area (Å²) in [6.45, 7) is 0.184. The second kappa shape index (κ2) is 4.72. The Hall–Kier alpha value is -2.77. The lowest BCUT2D eigenvalue weighted by molar-refractivity contribution is -0.141. The molecule has 1 aromatic carbocycles. The Balaban J connectivity index is 1.90. The molecule has 0 bridgehead atoms. The molecule has 102 valence electrons. The van der Waals surface area contributed by atoms with E-state index in [0.717, 1.165) is 0 Å². The molecule has 3 rings (SSSR count). The molecule has 2 heterocycles. The Morgan fingerprint density at radius 3 is 2.95 bits per heavy atom. The van der Waals surface area contributed by atoms with Gasteiger partial charge in [0.15, 0.2) is 0 Å². The number of aliphatic carboxylic acids is 1. The number of nitrogens with zero attached hydrogens (tertiary/aromatic N) is 4. The summed E-state index contributed by atoms with van der Waals surface area (Å²) in [6, 6.07) is 7.06. The van der Waals surface area contributed by atoms with E-state index in [4.69, 9.17) is 5.11 Å². The van der Waals surface area contributed by atoms with E-state index < -0.39 is 11.9 Å². The zero-order chi connectivity index (χ0) is 14.1. The first-order chi connectivity index (χ1) is 9.65. The minimum atomic E-state index is -0.949. The van der Waals surface area contributed by atoms with E-state index in [1.54, 1.807) is 24.3 Å². The van der Waals surface area contributed by atoms with Gasteiger partial charge in [-0.3, -0.25) is 9.59 Å². The molecule has 20 heavy (non-hydrogen) atoms. The molecule has 1 aliphatic rings. The summed E-state index contributed by atoms with van der Waals surface area (Å²) in [4.78, 5) is 24.3. The van der Waals surface area contributed by atoms with Crippen LogP contribution >= 0.6 is 0 Å². The number of carboxylic acid groups (broad SMARTS) is 1. The number of carbonyl (C=O) groups is 2.